The van der Waals surface area contributed by atoms with Crippen molar-refractivity contribution in [3.05, 3.63) is 58.9 Å². The first kappa shape index (κ1) is 15.3. The number of amides is 1. The Bertz CT molecular complexity index is 983. The number of pyridine rings is 1. The topological polar surface area (TPSA) is 85.7 Å². The Balaban J connectivity index is 1.65. The zero-order chi connectivity index (χ0) is 17.4. The number of aryl methyl sites for hydroxylation is 1. The van der Waals surface area contributed by atoms with Crippen LogP contribution in [0.25, 0.3) is 11.0 Å². The number of hydrogen-bond acceptors (Lipinski definition) is 4. The molecule has 3 heterocycles. The third-order valence-electron chi connectivity index (χ3n) is 4.79. The number of carbonyl (C=O) groups excluding carboxylic acids is 1. The van der Waals surface area contributed by atoms with Crippen LogP contribution in [0.2, 0.25) is 0 Å². The van der Waals surface area contributed by atoms with Crippen LogP contribution in [0.5, 0.6) is 0 Å². The number of rotatable bonds is 2. The van der Waals surface area contributed by atoms with Crippen LogP contribution in [0.4, 0.5) is 0 Å². The number of likely N-dealkylation sites (tertiary alicyclic amines) is 1. The Morgan fingerprint density at radius 2 is 2.16 bits per heavy atom. The van der Waals surface area contributed by atoms with Gasteiger partial charge in [0, 0.05) is 18.1 Å². The van der Waals surface area contributed by atoms with Crippen LogP contribution in [-0.2, 0) is 0 Å². The van der Waals surface area contributed by atoms with Crippen molar-refractivity contribution in [2.24, 2.45) is 0 Å². The first-order chi connectivity index (χ1) is 12.2. The van der Waals surface area contributed by atoms with Gasteiger partial charge in [-0.1, -0.05) is 12.1 Å². The van der Waals surface area contributed by atoms with E-state index in [0.29, 0.717) is 16.8 Å². The quantitative estimate of drug-likeness (QED) is 0.782. The second kappa shape index (κ2) is 6.02. The molecule has 6 nitrogen and oxygen atoms in total. The molecule has 25 heavy (non-hydrogen) atoms. The average Bonchev–Trinajstić information content (AvgIpc) is 3.28. The van der Waals surface area contributed by atoms with E-state index in [1.807, 2.05) is 30.0 Å². The van der Waals surface area contributed by atoms with Crippen LogP contribution in [-0.4, -0.2) is 32.5 Å². The highest BCUT2D eigenvalue weighted by Crippen LogP contribution is 2.33. The largest absolute Gasteiger partial charge is 0.332 e. The van der Waals surface area contributed by atoms with Crippen LogP contribution < -0.4 is 0 Å². The maximum atomic E-state index is 13.0. The molecule has 3 aromatic rings. The fourth-order valence-corrected chi connectivity index (χ4v) is 3.45. The summed E-state index contributed by atoms with van der Waals surface area (Å²) in [6, 6.07) is 11.5. The molecule has 0 bridgehead atoms. The van der Waals surface area contributed by atoms with E-state index in [2.05, 4.69) is 21.3 Å². The molecule has 0 radical (unpaired) electrons. The zero-order valence-electron chi connectivity index (χ0n) is 13.9. The van der Waals surface area contributed by atoms with Gasteiger partial charge in [-0.2, -0.15) is 10.4 Å². The van der Waals surface area contributed by atoms with E-state index >= 15 is 0 Å². The summed E-state index contributed by atoms with van der Waals surface area (Å²) < 4.78 is 0. The highest BCUT2D eigenvalue weighted by molar-refractivity contribution is 5.97. The van der Waals surface area contributed by atoms with Crippen molar-refractivity contribution in [2.45, 2.75) is 25.8 Å². The summed E-state index contributed by atoms with van der Waals surface area (Å²) in [4.78, 5) is 19.2. The molecule has 1 amide bonds. The SMILES string of the molecule is Cc1n[nH]c2ncc(C(=O)N3CCCC3c3ccc(C#N)cc3)cc12. The molecule has 0 spiro atoms. The normalized spacial score (nSPS) is 17.0. The van der Waals surface area contributed by atoms with Crippen molar-refractivity contribution in [1.29, 1.82) is 5.26 Å². The Morgan fingerprint density at radius 3 is 2.92 bits per heavy atom. The van der Waals surface area contributed by atoms with Gasteiger partial charge in [0.15, 0.2) is 5.65 Å². The number of nitrogens with zero attached hydrogens (tertiary/aromatic N) is 4. The van der Waals surface area contributed by atoms with Gasteiger partial charge in [0.2, 0.25) is 0 Å². The van der Waals surface area contributed by atoms with Crippen molar-refractivity contribution in [3.8, 4) is 6.07 Å². The Labute approximate surface area is 145 Å². The summed E-state index contributed by atoms with van der Waals surface area (Å²) in [7, 11) is 0. The Hall–Kier alpha value is -3.20. The fraction of sp³-hybridized carbons (Fsp3) is 0.263. The van der Waals surface area contributed by atoms with E-state index in [-0.39, 0.29) is 11.9 Å². The standard InChI is InChI=1S/C19H17N5O/c1-12-16-9-15(11-21-18(16)23-22-12)19(25)24-8-2-3-17(24)14-6-4-13(10-20)5-7-14/h4-7,9,11,17H,2-3,8H2,1H3,(H,21,22,23). The number of H-pyrrole nitrogens is 1. The van der Waals surface area contributed by atoms with Gasteiger partial charge < -0.3 is 4.90 Å². The summed E-state index contributed by atoms with van der Waals surface area (Å²) in [5.74, 6) is -0.0122. The first-order valence-electron chi connectivity index (χ1n) is 8.29. The minimum Gasteiger partial charge on any atom is -0.332 e. The molecule has 1 aromatic carbocycles. The second-order valence-electron chi connectivity index (χ2n) is 6.32. The number of nitrogens with one attached hydrogen (secondary N) is 1. The number of hydrogen-bond donors (Lipinski definition) is 1. The highest BCUT2D eigenvalue weighted by Gasteiger charge is 2.31. The van der Waals surface area contributed by atoms with Crippen molar-refractivity contribution in [3.63, 3.8) is 0 Å². The van der Waals surface area contributed by atoms with Crippen LogP contribution in [0.15, 0.2) is 36.5 Å². The van der Waals surface area contributed by atoms with Crippen molar-refractivity contribution >= 4 is 16.9 Å². The predicted molar refractivity (Wildman–Crippen MR) is 92.8 cm³/mol. The summed E-state index contributed by atoms with van der Waals surface area (Å²) in [6.45, 7) is 2.62. The van der Waals surface area contributed by atoms with Gasteiger partial charge in [0.25, 0.3) is 5.91 Å². The monoisotopic (exact) mass is 331 g/mol. The Morgan fingerprint density at radius 1 is 1.36 bits per heavy atom. The molecule has 1 aliphatic rings. The lowest BCUT2D eigenvalue weighted by atomic mass is 10.0. The number of nitriles is 1. The molecule has 0 saturated carbocycles. The molecule has 6 heteroatoms. The number of aromatic nitrogens is 3. The van der Waals surface area contributed by atoms with E-state index in [1.165, 1.54) is 0 Å². The molecular formula is C19H17N5O. The Kier molecular flexibility index (Phi) is 3.69. The lowest BCUT2D eigenvalue weighted by Crippen LogP contribution is -2.30. The molecule has 1 N–H and O–H groups in total. The van der Waals surface area contributed by atoms with E-state index in [1.54, 1.807) is 18.3 Å². The minimum absolute atomic E-state index is 0.0122. The molecule has 4 rings (SSSR count). The summed E-state index contributed by atoms with van der Waals surface area (Å²) in [6.07, 6.45) is 3.51. The van der Waals surface area contributed by atoms with E-state index in [0.717, 1.165) is 36.0 Å². The maximum absolute atomic E-state index is 13.0. The van der Waals surface area contributed by atoms with E-state index < -0.39 is 0 Å². The lowest BCUT2D eigenvalue weighted by Gasteiger charge is -2.25. The fourth-order valence-electron chi connectivity index (χ4n) is 3.45. The van der Waals surface area contributed by atoms with Crippen molar-refractivity contribution < 1.29 is 4.79 Å². The predicted octanol–water partition coefficient (Wildman–Crippen LogP) is 3.12. The first-order valence-corrected chi connectivity index (χ1v) is 8.29. The summed E-state index contributed by atoms with van der Waals surface area (Å²) in [5.41, 5.74) is 3.81. The second-order valence-corrected chi connectivity index (χ2v) is 6.32. The number of benzene rings is 1. The summed E-state index contributed by atoms with van der Waals surface area (Å²) >= 11 is 0. The van der Waals surface area contributed by atoms with Crippen LogP contribution in [0, 0.1) is 18.3 Å². The minimum atomic E-state index is -0.0122. The molecule has 124 valence electrons. The molecule has 1 fully saturated rings. The zero-order valence-corrected chi connectivity index (χ0v) is 13.9. The van der Waals surface area contributed by atoms with Crippen LogP contribution >= 0.6 is 0 Å². The molecule has 1 saturated heterocycles. The van der Waals surface area contributed by atoms with Gasteiger partial charge in [-0.25, -0.2) is 4.98 Å². The van der Waals surface area contributed by atoms with Gasteiger partial charge in [-0.05, 0) is 43.5 Å². The molecule has 1 atom stereocenters. The average molecular weight is 331 g/mol. The van der Waals surface area contributed by atoms with Crippen LogP contribution in [0.3, 0.4) is 0 Å². The molecule has 2 aromatic heterocycles. The third kappa shape index (κ3) is 2.64. The molecular weight excluding hydrogens is 314 g/mol. The van der Waals surface area contributed by atoms with Gasteiger partial charge in [-0.3, -0.25) is 9.89 Å². The molecule has 0 aliphatic carbocycles. The van der Waals surface area contributed by atoms with Gasteiger partial charge in [0.05, 0.1) is 28.9 Å². The van der Waals surface area contributed by atoms with E-state index in [4.69, 9.17) is 5.26 Å². The van der Waals surface area contributed by atoms with Crippen molar-refractivity contribution in [2.75, 3.05) is 6.54 Å². The van der Waals surface area contributed by atoms with Gasteiger partial charge in [0.1, 0.15) is 0 Å². The van der Waals surface area contributed by atoms with Crippen LogP contribution in [0.1, 0.15) is 46.1 Å². The number of aromatic amines is 1. The van der Waals surface area contributed by atoms with Gasteiger partial charge >= 0.3 is 0 Å². The maximum Gasteiger partial charge on any atom is 0.255 e. The smallest absolute Gasteiger partial charge is 0.255 e. The number of carbonyl (C=O) groups is 1. The van der Waals surface area contributed by atoms with E-state index in [9.17, 15) is 4.79 Å². The van der Waals surface area contributed by atoms with Gasteiger partial charge in [-0.15, -0.1) is 0 Å². The molecule has 1 aliphatic heterocycles. The molecule has 1 unspecified atom stereocenters. The third-order valence-corrected chi connectivity index (χ3v) is 4.79. The number of fused-ring (bicyclic) bond motifs is 1. The highest BCUT2D eigenvalue weighted by atomic mass is 16.2. The summed E-state index contributed by atoms with van der Waals surface area (Å²) in [5, 5.41) is 16.8. The lowest BCUT2D eigenvalue weighted by molar-refractivity contribution is 0.0735. The van der Waals surface area contributed by atoms with Crippen molar-refractivity contribution in [1.82, 2.24) is 20.1 Å².